The van der Waals surface area contributed by atoms with E-state index >= 15 is 0 Å². The van der Waals surface area contributed by atoms with Crippen LogP contribution in [0.5, 0.6) is 0 Å². The van der Waals surface area contributed by atoms with Crippen molar-refractivity contribution >= 4 is 16.0 Å². The highest BCUT2D eigenvalue weighted by atomic mass is 32.2. The van der Waals surface area contributed by atoms with Gasteiger partial charge in [-0.05, 0) is 44.2 Å². The molecule has 3 N–H and O–H groups in total. The van der Waals surface area contributed by atoms with Crippen LogP contribution in [-0.2, 0) is 22.3 Å². The number of sulfonamides is 1. The van der Waals surface area contributed by atoms with Crippen LogP contribution in [0.2, 0.25) is 0 Å². The average molecular weight is 436 g/mol. The first kappa shape index (κ1) is 23.0. The van der Waals surface area contributed by atoms with Gasteiger partial charge in [0.1, 0.15) is 0 Å². The first-order valence-electron chi connectivity index (χ1n) is 11.1. The lowest BCUT2D eigenvalue weighted by Gasteiger charge is -2.24. The molecule has 1 aliphatic heterocycles. The molecule has 2 fully saturated rings. The predicted octanol–water partition coefficient (Wildman–Crippen LogP) is 2.20. The molecule has 168 valence electrons. The maximum Gasteiger partial charge on any atom is 0.216 e. The zero-order chi connectivity index (χ0) is 21.6. The van der Waals surface area contributed by atoms with Crippen LogP contribution in [0.3, 0.4) is 0 Å². The molecular weight excluding hydrogens is 398 g/mol. The number of rotatable bonds is 8. The number of benzene rings is 1. The summed E-state index contributed by atoms with van der Waals surface area (Å²) in [6.45, 7) is 6.57. The zero-order valence-corrected chi connectivity index (χ0v) is 19.3. The van der Waals surface area contributed by atoms with Crippen molar-refractivity contribution in [2.45, 2.75) is 76.4 Å². The third-order valence-electron chi connectivity index (χ3n) is 5.88. The van der Waals surface area contributed by atoms with Gasteiger partial charge in [0.05, 0.1) is 5.75 Å². The predicted molar refractivity (Wildman–Crippen MR) is 123 cm³/mol. The first-order chi connectivity index (χ1) is 14.3. The molecule has 2 aliphatic rings. The van der Waals surface area contributed by atoms with Gasteiger partial charge in [0, 0.05) is 44.8 Å². The van der Waals surface area contributed by atoms with E-state index in [4.69, 9.17) is 0 Å². The largest absolute Gasteiger partial charge is 0.352 e. The maximum atomic E-state index is 12.1. The minimum Gasteiger partial charge on any atom is -0.352 e. The van der Waals surface area contributed by atoms with Crippen LogP contribution in [-0.4, -0.2) is 57.5 Å². The maximum absolute atomic E-state index is 12.1. The molecule has 0 spiro atoms. The second kappa shape index (κ2) is 10.6. The van der Waals surface area contributed by atoms with E-state index < -0.39 is 10.0 Å². The smallest absolute Gasteiger partial charge is 0.216 e. The van der Waals surface area contributed by atoms with Crippen molar-refractivity contribution in [3.63, 3.8) is 0 Å². The van der Waals surface area contributed by atoms with E-state index in [2.05, 4.69) is 25.2 Å². The summed E-state index contributed by atoms with van der Waals surface area (Å²) < 4.78 is 26.8. The zero-order valence-electron chi connectivity index (χ0n) is 18.5. The Balaban J connectivity index is 1.45. The van der Waals surface area contributed by atoms with Gasteiger partial charge < -0.3 is 10.6 Å². The summed E-state index contributed by atoms with van der Waals surface area (Å²) in [7, 11) is -1.50. The summed E-state index contributed by atoms with van der Waals surface area (Å²) in [6, 6.07) is 8.83. The highest BCUT2D eigenvalue weighted by Gasteiger charge is 2.30. The topological polar surface area (TPSA) is 85.8 Å². The van der Waals surface area contributed by atoms with E-state index in [9.17, 15) is 8.42 Å². The van der Waals surface area contributed by atoms with E-state index in [1.54, 1.807) is 7.05 Å². The molecule has 1 unspecified atom stereocenters. The SMILES string of the molecule is CN=C(NCc1ccc(CS(=O)(=O)NC(C)C)cc1)NC1CCN(C2CCCC2)C1. The van der Waals surface area contributed by atoms with Gasteiger partial charge in [-0.1, -0.05) is 37.1 Å². The van der Waals surface area contributed by atoms with Crippen molar-refractivity contribution in [2.75, 3.05) is 20.1 Å². The Morgan fingerprint density at radius 1 is 1.13 bits per heavy atom. The summed E-state index contributed by atoms with van der Waals surface area (Å²) in [5.41, 5.74) is 1.88. The number of guanidine groups is 1. The molecule has 1 aliphatic carbocycles. The minimum absolute atomic E-state index is 0.00128. The number of likely N-dealkylation sites (tertiary alicyclic amines) is 1. The molecule has 1 saturated heterocycles. The van der Waals surface area contributed by atoms with Crippen LogP contribution in [0.15, 0.2) is 29.3 Å². The van der Waals surface area contributed by atoms with Crippen LogP contribution in [0.25, 0.3) is 0 Å². The number of hydrogen-bond donors (Lipinski definition) is 3. The number of nitrogens with zero attached hydrogens (tertiary/aromatic N) is 2. The molecule has 0 aromatic heterocycles. The number of aliphatic imine (C=N–C) groups is 1. The normalized spacial score (nSPS) is 21.5. The summed E-state index contributed by atoms with van der Waals surface area (Å²) in [5.74, 6) is 0.822. The summed E-state index contributed by atoms with van der Waals surface area (Å²) in [4.78, 5) is 7.01. The lowest BCUT2D eigenvalue weighted by molar-refractivity contribution is 0.242. The van der Waals surface area contributed by atoms with Gasteiger partial charge in [-0.3, -0.25) is 9.89 Å². The minimum atomic E-state index is -3.30. The van der Waals surface area contributed by atoms with Crippen molar-refractivity contribution < 1.29 is 8.42 Å². The second-order valence-electron chi connectivity index (χ2n) is 8.84. The van der Waals surface area contributed by atoms with E-state index in [0.717, 1.165) is 36.1 Å². The number of nitrogens with one attached hydrogen (secondary N) is 3. The lowest BCUT2D eigenvalue weighted by atomic mass is 10.1. The Labute approximate surface area is 181 Å². The van der Waals surface area contributed by atoms with Crippen LogP contribution < -0.4 is 15.4 Å². The van der Waals surface area contributed by atoms with Gasteiger partial charge in [-0.15, -0.1) is 0 Å². The van der Waals surface area contributed by atoms with E-state index in [-0.39, 0.29) is 11.8 Å². The Hall–Kier alpha value is -1.64. The monoisotopic (exact) mass is 435 g/mol. The van der Waals surface area contributed by atoms with Crippen LogP contribution >= 0.6 is 0 Å². The van der Waals surface area contributed by atoms with Crippen molar-refractivity contribution in [1.29, 1.82) is 0 Å². The Bertz CT molecular complexity index is 801. The van der Waals surface area contributed by atoms with E-state index in [0.29, 0.717) is 12.6 Å². The second-order valence-corrected chi connectivity index (χ2v) is 10.6. The molecule has 0 bridgehead atoms. The van der Waals surface area contributed by atoms with Crippen LogP contribution in [0.4, 0.5) is 0 Å². The average Bonchev–Trinajstić information content (AvgIpc) is 3.36. The third kappa shape index (κ3) is 6.96. The Kier molecular flexibility index (Phi) is 8.13. The van der Waals surface area contributed by atoms with Crippen LogP contribution in [0, 0.1) is 0 Å². The molecule has 0 radical (unpaired) electrons. The quantitative estimate of drug-likeness (QED) is 0.431. The molecule has 7 nitrogen and oxygen atoms in total. The molecule has 1 aromatic carbocycles. The molecule has 1 saturated carbocycles. The Morgan fingerprint density at radius 2 is 1.80 bits per heavy atom. The van der Waals surface area contributed by atoms with Gasteiger partial charge in [0.2, 0.25) is 10.0 Å². The van der Waals surface area contributed by atoms with Crippen molar-refractivity contribution in [3.05, 3.63) is 35.4 Å². The summed E-state index contributed by atoms with van der Waals surface area (Å²) in [6.07, 6.45) is 6.61. The standard InChI is InChI=1S/C22H37N5O2S/c1-17(2)26-30(28,29)16-19-10-8-18(9-11-19)14-24-22(23-3)25-20-12-13-27(15-20)21-6-4-5-7-21/h8-11,17,20-21,26H,4-7,12-16H2,1-3H3,(H2,23,24,25). The van der Waals surface area contributed by atoms with Crippen molar-refractivity contribution in [1.82, 2.24) is 20.3 Å². The van der Waals surface area contributed by atoms with Gasteiger partial charge in [0.25, 0.3) is 0 Å². The van der Waals surface area contributed by atoms with Gasteiger partial charge in [-0.2, -0.15) is 0 Å². The molecule has 1 heterocycles. The molecule has 30 heavy (non-hydrogen) atoms. The van der Waals surface area contributed by atoms with Gasteiger partial charge >= 0.3 is 0 Å². The molecule has 8 heteroatoms. The van der Waals surface area contributed by atoms with E-state index in [1.165, 1.54) is 32.2 Å². The summed E-state index contributed by atoms with van der Waals surface area (Å²) in [5, 5.41) is 6.94. The Morgan fingerprint density at radius 3 is 2.43 bits per heavy atom. The number of hydrogen-bond acceptors (Lipinski definition) is 4. The molecular formula is C22H37N5O2S. The van der Waals surface area contributed by atoms with Crippen molar-refractivity contribution in [3.8, 4) is 0 Å². The third-order valence-corrected chi connectivity index (χ3v) is 7.42. The van der Waals surface area contributed by atoms with E-state index in [1.807, 2.05) is 38.1 Å². The van der Waals surface area contributed by atoms with Gasteiger partial charge in [0.15, 0.2) is 5.96 Å². The fourth-order valence-electron chi connectivity index (χ4n) is 4.45. The fourth-order valence-corrected chi connectivity index (χ4v) is 5.89. The molecule has 3 rings (SSSR count). The fraction of sp³-hybridized carbons (Fsp3) is 0.682. The summed E-state index contributed by atoms with van der Waals surface area (Å²) >= 11 is 0. The molecule has 1 aromatic rings. The first-order valence-corrected chi connectivity index (χ1v) is 12.8. The van der Waals surface area contributed by atoms with Crippen molar-refractivity contribution in [2.24, 2.45) is 4.99 Å². The highest BCUT2D eigenvalue weighted by molar-refractivity contribution is 7.88. The van der Waals surface area contributed by atoms with Crippen LogP contribution in [0.1, 0.15) is 57.1 Å². The van der Waals surface area contributed by atoms with Gasteiger partial charge in [-0.25, -0.2) is 13.1 Å². The molecule has 1 atom stereocenters. The highest BCUT2D eigenvalue weighted by Crippen LogP contribution is 2.26. The molecule has 0 amide bonds. The lowest BCUT2D eigenvalue weighted by Crippen LogP contribution is -2.45.